The molecule has 0 aromatic heterocycles. The second-order valence-electron chi connectivity index (χ2n) is 0.558. The van der Waals surface area contributed by atoms with Crippen molar-refractivity contribution in [3.63, 3.8) is 0 Å². The lowest BCUT2D eigenvalue weighted by Gasteiger charge is -1.85. The molecule has 1 nitrogen and oxygen atoms in total. The van der Waals surface area contributed by atoms with Crippen LogP contribution >= 0.6 is 35.2 Å². The van der Waals surface area contributed by atoms with E-state index in [9.17, 15) is 0 Å². The Bertz CT molecular complexity index is 46.1. The van der Waals surface area contributed by atoms with Crippen LogP contribution in [0.1, 0.15) is 0 Å². The maximum atomic E-state index is 4.66. The van der Waals surface area contributed by atoms with Crippen molar-refractivity contribution in [3.05, 3.63) is 10.3 Å². The molecule has 0 bridgehead atoms. The van der Waals surface area contributed by atoms with Crippen molar-refractivity contribution in [1.82, 2.24) is 0 Å². The van der Waals surface area contributed by atoms with Gasteiger partial charge in [0.1, 0.15) is 5.94 Å². The minimum absolute atomic E-state index is 0.458. The van der Waals surface area contributed by atoms with Gasteiger partial charge in [0.2, 0.25) is 0 Å². The van der Waals surface area contributed by atoms with Crippen LogP contribution < -0.4 is 0 Å². The first-order valence-electron chi connectivity index (χ1n) is 1.39. The van der Waals surface area contributed by atoms with Gasteiger partial charge in [-0.3, -0.25) is 0 Å². The van der Waals surface area contributed by atoms with E-state index in [0.29, 0.717) is 5.94 Å². The number of hydrogen-bond donors (Lipinski definition) is 1. The van der Waals surface area contributed by atoms with Crippen LogP contribution in [-0.2, 0) is 4.74 Å². The Hall–Kier alpha value is 0.620. The summed E-state index contributed by atoms with van der Waals surface area (Å²) in [4.78, 5) is 0. The molecule has 0 saturated carbocycles. The van der Waals surface area contributed by atoms with Gasteiger partial charge in [-0.05, 0) is 22.6 Å². The Labute approximate surface area is 56.3 Å². The Morgan fingerprint density at radius 2 is 2.50 bits per heavy atom. The number of hydrogen-bond acceptors (Lipinski definition) is 2. The van der Waals surface area contributed by atoms with Gasteiger partial charge in [-0.25, -0.2) is 0 Å². The summed E-state index contributed by atoms with van der Waals surface area (Å²) in [7, 11) is 0. The molecule has 0 rings (SSSR count). The highest BCUT2D eigenvalue weighted by molar-refractivity contribution is 14.1. The molecule has 0 unspecified atom stereocenters. The molecule has 0 N–H and O–H groups in total. The lowest BCUT2D eigenvalue weighted by Crippen LogP contribution is -1.68. The first-order chi connectivity index (χ1) is 2.91. The molecule has 0 aromatic rings. The molecule has 0 aliphatic rings. The van der Waals surface area contributed by atoms with Crippen LogP contribution in [0.5, 0.6) is 0 Å². The van der Waals surface area contributed by atoms with Gasteiger partial charge in [0, 0.05) is 4.08 Å². The fraction of sp³-hybridized carbons (Fsp3) is 0.333. The summed E-state index contributed by atoms with van der Waals surface area (Å²) in [5, 5.41) is 0. The molecule has 36 valence electrons. The van der Waals surface area contributed by atoms with Crippen molar-refractivity contribution in [2.24, 2.45) is 0 Å². The molecule has 0 spiro atoms. The highest BCUT2D eigenvalue weighted by Crippen LogP contribution is 1.85. The quantitative estimate of drug-likeness (QED) is 0.320. The molecule has 0 amide bonds. The van der Waals surface area contributed by atoms with E-state index >= 15 is 0 Å². The van der Waals surface area contributed by atoms with Crippen LogP contribution in [-0.4, -0.2) is 5.94 Å². The van der Waals surface area contributed by atoms with Gasteiger partial charge in [-0.15, -0.1) is 12.6 Å². The Morgan fingerprint density at radius 3 is 2.67 bits per heavy atom. The van der Waals surface area contributed by atoms with E-state index < -0.39 is 0 Å². The average molecular weight is 216 g/mol. The molecule has 0 aliphatic carbocycles. The van der Waals surface area contributed by atoms with Crippen molar-refractivity contribution >= 4 is 35.2 Å². The first-order valence-corrected chi connectivity index (χ1v) is 3.27. The topological polar surface area (TPSA) is 9.23 Å². The average Bonchev–Trinajstić information content (AvgIpc) is 1.61. The SMILES string of the molecule is SCO/C=C\I. The zero-order valence-corrected chi connectivity index (χ0v) is 6.15. The minimum atomic E-state index is 0.458. The summed E-state index contributed by atoms with van der Waals surface area (Å²) < 4.78 is 6.44. The third-order valence-corrected chi connectivity index (χ3v) is 0.665. The van der Waals surface area contributed by atoms with Crippen molar-refractivity contribution < 1.29 is 4.74 Å². The third-order valence-electron chi connectivity index (χ3n) is 0.222. The van der Waals surface area contributed by atoms with E-state index in [4.69, 9.17) is 0 Å². The molecule has 3 heteroatoms. The van der Waals surface area contributed by atoms with Crippen molar-refractivity contribution in [1.29, 1.82) is 0 Å². The van der Waals surface area contributed by atoms with E-state index in [-0.39, 0.29) is 0 Å². The first kappa shape index (κ1) is 6.62. The number of ether oxygens (including phenoxy) is 1. The van der Waals surface area contributed by atoms with Gasteiger partial charge in [0.05, 0.1) is 6.26 Å². The molecule has 0 saturated heterocycles. The molecule has 0 radical (unpaired) electrons. The van der Waals surface area contributed by atoms with Crippen LogP contribution in [0, 0.1) is 0 Å². The zero-order valence-electron chi connectivity index (χ0n) is 3.10. The second-order valence-corrected chi connectivity index (χ2v) is 1.54. The molecule has 0 aliphatic heterocycles. The minimum Gasteiger partial charge on any atom is -0.490 e. The van der Waals surface area contributed by atoms with Crippen LogP contribution in [0.4, 0.5) is 0 Å². The van der Waals surface area contributed by atoms with E-state index in [1.54, 1.807) is 10.3 Å². The summed E-state index contributed by atoms with van der Waals surface area (Å²) in [6.07, 6.45) is 1.59. The molecule has 6 heavy (non-hydrogen) atoms. The standard InChI is InChI=1S/C3H5IOS/c4-1-2-5-3-6/h1-2,6H,3H2/b2-1-. The maximum absolute atomic E-state index is 4.66. The van der Waals surface area contributed by atoms with Crippen LogP contribution in [0.25, 0.3) is 0 Å². The smallest absolute Gasteiger partial charge is 0.130 e. The van der Waals surface area contributed by atoms with Crippen molar-refractivity contribution in [3.8, 4) is 0 Å². The third kappa shape index (κ3) is 4.62. The highest BCUT2D eigenvalue weighted by atomic mass is 127. The monoisotopic (exact) mass is 216 g/mol. The number of thiol groups is 1. The molecular formula is C3H5IOS. The molecule has 0 fully saturated rings. The van der Waals surface area contributed by atoms with Crippen LogP contribution in [0.15, 0.2) is 10.3 Å². The highest BCUT2D eigenvalue weighted by Gasteiger charge is 1.61. The lowest BCUT2D eigenvalue weighted by atomic mass is 11.1. The molecule has 0 heterocycles. The summed E-state index contributed by atoms with van der Waals surface area (Å²) in [5.74, 6) is 0.458. The summed E-state index contributed by atoms with van der Waals surface area (Å²) >= 11 is 5.85. The lowest BCUT2D eigenvalue weighted by molar-refractivity contribution is 0.320. The van der Waals surface area contributed by atoms with Gasteiger partial charge in [-0.1, -0.05) is 0 Å². The van der Waals surface area contributed by atoms with Gasteiger partial charge in [0.25, 0.3) is 0 Å². The van der Waals surface area contributed by atoms with E-state index in [0.717, 1.165) is 0 Å². The van der Waals surface area contributed by atoms with Gasteiger partial charge in [0.15, 0.2) is 0 Å². The normalized spacial score (nSPS) is 9.67. The number of rotatable bonds is 2. The predicted molar refractivity (Wildman–Crippen MR) is 38.1 cm³/mol. The summed E-state index contributed by atoms with van der Waals surface area (Å²) in [6, 6.07) is 0. The Balaban J connectivity index is 2.66. The molecule has 0 aromatic carbocycles. The Morgan fingerprint density at radius 1 is 1.83 bits per heavy atom. The fourth-order valence-corrected chi connectivity index (χ4v) is 0.373. The van der Waals surface area contributed by atoms with Crippen molar-refractivity contribution in [2.75, 3.05) is 5.94 Å². The fourth-order valence-electron chi connectivity index (χ4n) is 0.0794. The maximum Gasteiger partial charge on any atom is 0.130 e. The second kappa shape index (κ2) is 5.62. The summed E-state index contributed by atoms with van der Waals surface area (Å²) in [5.41, 5.74) is 0. The van der Waals surface area contributed by atoms with E-state index in [1.165, 1.54) is 0 Å². The van der Waals surface area contributed by atoms with Gasteiger partial charge >= 0.3 is 0 Å². The van der Waals surface area contributed by atoms with Crippen LogP contribution in [0.3, 0.4) is 0 Å². The van der Waals surface area contributed by atoms with Gasteiger partial charge in [-0.2, -0.15) is 0 Å². The molecule has 0 atom stereocenters. The summed E-state index contributed by atoms with van der Waals surface area (Å²) in [6.45, 7) is 0. The van der Waals surface area contributed by atoms with E-state index in [2.05, 4.69) is 40.0 Å². The molecular weight excluding hydrogens is 211 g/mol. The predicted octanol–water partition coefficient (Wildman–Crippen LogP) is 1.80. The largest absolute Gasteiger partial charge is 0.490 e. The number of halogens is 1. The Kier molecular flexibility index (Phi) is 6.20. The van der Waals surface area contributed by atoms with Gasteiger partial charge < -0.3 is 4.74 Å². The zero-order chi connectivity index (χ0) is 4.83. The van der Waals surface area contributed by atoms with Crippen LogP contribution in [0.2, 0.25) is 0 Å². The van der Waals surface area contributed by atoms with E-state index in [1.807, 2.05) is 0 Å². The van der Waals surface area contributed by atoms with Crippen molar-refractivity contribution in [2.45, 2.75) is 0 Å².